The summed E-state index contributed by atoms with van der Waals surface area (Å²) in [6.45, 7) is 0.413. The summed E-state index contributed by atoms with van der Waals surface area (Å²) >= 11 is 3.00. The van der Waals surface area contributed by atoms with Crippen LogP contribution in [-0.2, 0) is 6.54 Å². The highest BCUT2D eigenvalue weighted by Gasteiger charge is 2.31. The molecule has 0 aliphatic heterocycles. The summed E-state index contributed by atoms with van der Waals surface area (Å²) in [5.41, 5.74) is 0.469. The zero-order valence-electron chi connectivity index (χ0n) is 10.7. The minimum Gasteiger partial charge on any atom is -0.406 e. The van der Waals surface area contributed by atoms with Gasteiger partial charge in [-0.25, -0.2) is 0 Å². The molecule has 0 saturated carbocycles. The van der Waals surface area contributed by atoms with Gasteiger partial charge in [0.25, 0.3) is 0 Å². The fraction of sp³-hybridized carbons (Fsp3) is 0.273. The van der Waals surface area contributed by atoms with Crippen molar-refractivity contribution in [2.75, 3.05) is 12.4 Å². The number of hydrogen-bond acceptors (Lipinski definition) is 6. The second kappa shape index (κ2) is 6.31. The Balaban J connectivity index is 2.09. The van der Waals surface area contributed by atoms with E-state index in [1.54, 1.807) is 7.05 Å². The van der Waals surface area contributed by atoms with Crippen LogP contribution in [-0.4, -0.2) is 23.6 Å². The van der Waals surface area contributed by atoms with Gasteiger partial charge >= 0.3 is 12.4 Å². The van der Waals surface area contributed by atoms with Gasteiger partial charge in [0.1, 0.15) is 5.75 Å². The van der Waals surface area contributed by atoms with E-state index >= 15 is 0 Å². The van der Waals surface area contributed by atoms with Crippen LogP contribution in [0.25, 0.3) is 0 Å². The molecule has 0 unspecified atom stereocenters. The van der Waals surface area contributed by atoms with Gasteiger partial charge in [0.05, 0.1) is 11.0 Å². The van der Waals surface area contributed by atoms with Gasteiger partial charge in [0.2, 0.25) is 5.89 Å². The van der Waals surface area contributed by atoms with Crippen molar-refractivity contribution < 1.29 is 22.3 Å². The number of nitrogens with one attached hydrogen (secondary N) is 2. The molecule has 21 heavy (non-hydrogen) atoms. The standard InChI is InChI=1S/C11H10BrF3N4O2/c1-16-5-9-18-19-10(20-9)17-6-2-3-8(7(12)4-6)21-11(13,14)15/h2-4,16H,5H2,1H3,(H,17,19). The van der Waals surface area contributed by atoms with Crippen molar-refractivity contribution in [3.05, 3.63) is 28.6 Å². The number of rotatable bonds is 5. The number of aromatic nitrogens is 2. The highest BCUT2D eigenvalue weighted by molar-refractivity contribution is 9.10. The molecular formula is C11H10BrF3N4O2. The van der Waals surface area contributed by atoms with Gasteiger partial charge in [0, 0.05) is 5.69 Å². The van der Waals surface area contributed by atoms with Crippen LogP contribution >= 0.6 is 15.9 Å². The van der Waals surface area contributed by atoms with Gasteiger partial charge in [-0.05, 0) is 41.2 Å². The Kier molecular flexibility index (Phi) is 4.68. The summed E-state index contributed by atoms with van der Waals surface area (Å²) in [5, 5.41) is 13.1. The van der Waals surface area contributed by atoms with Crippen LogP contribution in [0.1, 0.15) is 5.89 Å². The Hall–Kier alpha value is -1.81. The van der Waals surface area contributed by atoms with Gasteiger partial charge in [-0.3, -0.25) is 0 Å². The molecule has 1 heterocycles. The van der Waals surface area contributed by atoms with E-state index in [0.29, 0.717) is 18.1 Å². The van der Waals surface area contributed by atoms with E-state index in [1.165, 1.54) is 18.2 Å². The average Bonchev–Trinajstić information content (AvgIpc) is 2.79. The van der Waals surface area contributed by atoms with Crippen LogP contribution in [0.3, 0.4) is 0 Å². The van der Waals surface area contributed by atoms with Crippen LogP contribution in [0.4, 0.5) is 24.9 Å². The molecule has 0 bridgehead atoms. The van der Waals surface area contributed by atoms with Gasteiger partial charge in [-0.1, -0.05) is 5.10 Å². The van der Waals surface area contributed by atoms with Crippen LogP contribution < -0.4 is 15.4 Å². The predicted octanol–water partition coefficient (Wildman–Crippen LogP) is 3.19. The van der Waals surface area contributed by atoms with Crippen molar-refractivity contribution in [1.29, 1.82) is 0 Å². The maximum Gasteiger partial charge on any atom is 0.573 e. The molecule has 2 aromatic rings. The molecule has 0 aliphatic rings. The average molecular weight is 367 g/mol. The van der Waals surface area contributed by atoms with E-state index in [4.69, 9.17) is 4.42 Å². The summed E-state index contributed by atoms with van der Waals surface area (Å²) in [6.07, 6.45) is -4.74. The predicted molar refractivity (Wildman–Crippen MR) is 71.2 cm³/mol. The molecule has 114 valence electrons. The Morgan fingerprint density at radius 2 is 2.10 bits per heavy atom. The molecular weight excluding hydrogens is 357 g/mol. The minimum absolute atomic E-state index is 0.136. The van der Waals surface area contributed by atoms with E-state index in [-0.39, 0.29) is 16.2 Å². The molecule has 0 amide bonds. The molecule has 2 N–H and O–H groups in total. The van der Waals surface area contributed by atoms with Crippen molar-refractivity contribution in [1.82, 2.24) is 15.5 Å². The lowest BCUT2D eigenvalue weighted by Gasteiger charge is -2.11. The third-order valence-corrected chi connectivity index (χ3v) is 2.82. The third-order valence-electron chi connectivity index (χ3n) is 2.20. The topological polar surface area (TPSA) is 72.2 Å². The number of ether oxygens (including phenoxy) is 1. The molecule has 6 nitrogen and oxygen atoms in total. The largest absolute Gasteiger partial charge is 0.573 e. The van der Waals surface area contributed by atoms with Gasteiger partial charge in [0.15, 0.2) is 0 Å². The second-order valence-electron chi connectivity index (χ2n) is 3.85. The van der Waals surface area contributed by atoms with E-state index in [1.807, 2.05) is 0 Å². The zero-order valence-corrected chi connectivity index (χ0v) is 12.2. The number of nitrogens with zero attached hydrogens (tertiary/aromatic N) is 2. The fourth-order valence-corrected chi connectivity index (χ4v) is 1.90. The molecule has 10 heteroatoms. The highest BCUT2D eigenvalue weighted by atomic mass is 79.9. The molecule has 1 aromatic heterocycles. The molecule has 0 aliphatic carbocycles. The van der Waals surface area contributed by atoms with Crippen LogP contribution in [0.5, 0.6) is 5.75 Å². The lowest BCUT2D eigenvalue weighted by molar-refractivity contribution is -0.274. The molecule has 0 saturated heterocycles. The lowest BCUT2D eigenvalue weighted by Crippen LogP contribution is -2.17. The maximum atomic E-state index is 12.1. The minimum atomic E-state index is -4.74. The summed E-state index contributed by atoms with van der Waals surface area (Å²) in [6, 6.07) is 4.11. The van der Waals surface area contributed by atoms with Crippen molar-refractivity contribution in [3.8, 4) is 5.75 Å². The Morgan fingerprint density at radius 1 is 1.33 bits per heavy atom. The van der Waals surface area contributed by atoms with E-state index < -0.39 is 6.36 Å². The van der Waals surface area contributed by atoms with Crippen molar-refractivity contribution in [2.24, 2.45) is 0 Å². The van der Waals surface area contributed by atoms with E-state index in [9.17, 15) is 13.2 Å². The molecule has 0 atom stereocenters. The molecule has 1 aromatic carbocycles. The first-order valence-corrected chi connectivity index (χ1v) is 6.46. The number of anilines is 2. The normalized spacial score (nSPS) is 11.5. The number of hydrogen-bond donors (Lipinski definition) is 2. The molecule has 0 spiro atoms. The zero-order chi connectivity index (χ0) is 15.5. The Labute approximate surface area is 125 Å². The summed E-state index contributed by atoms with van der Waals surface area (Å²) in [5.74, 6) is 0.0468. The summed E-state index contributed by atoms with van der Waals surface area (Å²) in [4.78, 5) is 0. The van der Waals surface area contributed by atoms with E-state index in [0.717, 1.165) is 0 Å². The quantitative estimate of drug-likeness (QED) is 0.846. The van der Waals surface area contributed by atoms with Crippen LogP contribution in [0.2, 0.25) is 0 Å². The smallest absolute Gasteiger partial charge is 0.406 e. The Bertz CT molecular complexity index is 618. The van der Waals surface area contributed by atoms with Gasteiger partial charge in [-0.15, -0.1) is 18.3 Å². The first-order chi connectivity index (χ1) is 9.87. The number of alkyl halides is 3. The highest BCUT2D eigenvalue weighted by Crippen LogP contribution is 2.33. The van der Waals surface area contributed by atoms with Crippen LogP contribution in [0, 0.1) is 0 Å². The van der Waals surface area contributed by atoms with Crippen molar-refractivity contribution in [2.45, 2.75) is 12.9 Å². The number of halogens is 4. The lowest BCUT2D eigenvalue weighted by atomic mass is 10.3. The first kappa shape index (κ1) is 15.6. The van der Waals surface area contributed by atoms with E-state index in [2.05, 4.69) is 41.5 Å². The van der Waals surface area contributed by atoms with Crippen molar-refractivity contribution in [3.63, 3.8) is 0 Å². The Morgan fingerprint density at radius 3 is 2.71 bits per heavy atom. The fourth-order valence-electron chi connectivity index (χ4n) is 1.44. The maximum absolute atomic E-state index is 12.1. The summed E-state index contributed by atoms with van der Waals surface area (Å²) < 4.78 is 45.7. The van der Waals surface area contributed by atoms with Crippen molar-refractivity contribution >= 4 is 27.6 Å². The first-order valence-electron chi connectivity index (χ1n) is 5.66. The molecule has 0 radical (unpaired) electrons. The number of benzene rings is 1. The third kappa shape index (κ3) is 4.60. The van der Waals surface area contributed by atoms with Gasteiger partial charge in [-0.2, -0.15) is 0 Å². The monoisotopic (exact) mass is 366 g/mol. The SMILES string of the molecule is CNCc1nnc(Nc2ccc(OC(F)(F)F)c(Br)c2)o1. The molecule has 2 rings (SSSR count). The summed E-state index contributed by atoms with van der Waals surface area (Å²) in [7, 11) is 1.73. The molecule has 0 fully saturated rings. The van der Waals surface area contributed by atoms with Gasteiger partial charge < -0.3 is 19.8 Å². The van der Waals surface area contributed by atoms with Crippen LogP contribution in [0.15, 0.2) is 27.1 Å². The second-order valence-corrected chi connectivity index (χ2v) is 4.70.